The van der Waals surface area contributed by atoms with Gasteiger partial charge in [-0.15, -0.1) is 17.0 Å². The number of carbonyl (C=O) groups is 1. The lowest BCUT2D eigenvalue weighted by Crippen LogP contribution is -2.52. The number of rotatable bonds is 14. The molecule has 2 aromatic carbocycles. The minimum atomic E-state index is -3.08. The molecular weight excluding hydrogens is 500 g/mol. The first-order valence-corrected chi connectivity index (χ1v) is 13.1. The van der Waals surface area contributed by atoms with E-state index in [0.29, 0.717) is 38.5 Å². The SMILES string of the molecule is Br.C=CC(=O)Nc1ccc(C(c2ccccc2)C(CCN)[Si](OCC)(OCC)OCC)cc1. The van der Waals surface area contributed by atoms with Crippen LogP contribution in [0.4, 0.5) is 5.69 Å². The number of hydrogen-bond acceptors (Lipinski definition) is 5. The molecule has 0 saturated carbocycles. The zero-order valence-electron chi connectivity index (χ0n) is 19.8. The van der Waals surface area contributed by atoms with Gasteiger partial charge in [0.05, 0.1) is 0 Å². The van der Waals surface area contributed by atoms with E-state index in [9.17, 15) is 4.79 Å². The lowest BCUT2D eigenvalue weighted by atomic mass is 9.86. The van der Waals surface area contributed by atoms with Crippen LogP contribution < -0.4 is 11.1 Å². The van der Waals surface area contributed by atoms with Crippen LogP contribution in [0.25, 0.3) is 0 Å². The summed E-state index contributed by atoms with van der Waals surface area (Å²) in [5, 5.41) is 2.80. The fourth-order valence-electron chi connectivity index (χ4n) is 4.06. The predicted molar refractivity (Wildman–Crippen MR) is 142 cm³/mol. The number of nitrogens with one attached hydrogen (secondary N) is 1. The Morgan fingerprint density at radius 2 is 1.48 bits per heavy atom. The molecule has 0 fully saturated rings. The summed E-state index contributed by atoms with van der Waals surface area (Å²) in [5.74, 6) is -0.283. The highest BCUT2D eigenvalue weighted by Gasteiger charge is 2.52. The van der Waals surface area contributed by atoms with Gasteiger partial charge in [-0.3, -0.25) is 4.79 Å². The number of anilines is 1. The molecular formula is C25H37BrN2O4Si. The first kappa shape index (κ1) is 29.2. The van der Waals surface area contributed by atoms with Crippen molar-refractivity contribution in [1.82, 2.24) is 0 Å². The van der Waals surface area contributed by atoms with Crippen molar-refractivity contribution < 1.29 is 18.1 Å². The van der Waals surface area contributed by atoms with Gasteiger partial charge in [0.1, 0.15) is 0 Å². The standard InChI is InChI=1S/C25H36N2O4Si.BrH/c1-5-24(28)27-22-16-14-21(15-17-22)25(20-12-10-9-11-13-20)23(18-19-26)32(29-6-2,30-7-3)31-8-4;/h5,9-17,23,25H,1,6-8,18-19,26H2,2-4H3,(H,27,28);1H. The maximum atomic E-state index is 11.7. The van der Waals surface area contributed by atoms with Crippen molar-refractivity contribution in [3.05, 3.63) is 78.4 Å². The molecule has 0 saturated heterocycles. The van der Waals surface area contributed by atoms with Gasteiger partial charge in [-0.2, -0.15) is 0 Å². The molecule has 0 radical (unpaired) electrons. The van der Waals surface area contributed by atoms with Gasteiger partial charge >= 0.3 is 8.80 Å². The van der Waals surface area contributed by atoms with Crippen LogP contribution in [0.3, 0.4) is 0 Å². The Hall–Kier alpha value is -1.81. The summed E-state index contributed by atoms with van der Waals surface area (Å²) in [6.07, 6.45) is 1.95. The predicted octanol–water partition coefficient (Wildman–Crippen LogP) is 5.29. The average molecular weight is 538 g/mol. The summed E-state index contributed by atoms with van der Waals surface area (Å²) < 4.78 is 18.9. The molecule has 33 heavy (non-hydrogen) atoms. The fraction of sp³-hybridized carbons (Fsp3) is 0.400. The highest BCUT2D eigenvalue weighted by molar-refractivity contribution is 8.93. The van der Waals surface area contributed by atoms with Crippen molar-refractivity contribution in [1.29, 1.82) is 0 Å². The fourth-order valence-corrected chi connectivity index (χ4v) is 7.47. The molecule has 1 amide bonds. The largest absolute Gasteiger partial charge is 0.505 e. The van der Waals surface area contributed by atoms with Gasteiger partial charge in [-0.05, 0) is 63.1 Å². The Morgan fingerprint density at radius 1 is 0.970 bits per heavy atom. The van der Waals surface area contributed by atoms with Gasteiger partial charge < -0.3 is 24.3 Å². The minimum absolute atomic E-state index is 0. The van der Waals surface area contributed by atoms with Crippen LogP contribution in [0.15, 0.2) is 67.3 Å². The number of carbonyl (C=O) groups excluding carboxylic acids is 1. The van der Waals surface area contributed by atoms with Crippen LogP contribution in [-0.2, 0) is 18.1 Å². The van der Waals surface area contributed by atoms with E-state index >= 15 is 0 Å². The molecule has 0 aliphatic rings. The highest BCUT2D eigenvalue weighted by atomic mass is 79.9. The van der Waals surface area contributed by atoms with Crippen molar-refractivity contribution in [2.45, 2.75) is 38.7 Å². The monoisotopic (exact) mass is 536 g/mol. The van der Waals surface area contributed by atoms with Gasteiger partial charge in [0.2, 0.25) is 5.91 Å². The minimum Gasteiger partial charge on any atom is -0.374 e. The Balaban J connectivity index is 0.00000544. The number of hydrogen-bond donors (Lipinski definition) is 2. The van der Waals surface area contributed by atoms with E-state index in [1.807, 2.05) is 63.2 Å². The van der Waals surface area contributed by atoms with Gasteiger partial charge in [-0.25, -0.2) is 0 Å². The normalized spacial score (nSPS) is 13.0. The first-order chi connectivity index (χ1) is 15.5. The van der Waals surface area contributed by atoms with E-state index in [0.717, 1.165) is 11.1 Å². The number of amides is 1. The Morgan fingerprint density at radius 3 is 1.94 bits per heavy atom. The Kier molecular flexibility index (Phi) is 13.4. The van der Waals surface area contributed by atoms with Crippen LogP contribution in [-0.4, -0.2) is 41.1 Å². The second-order valence-corrected chi connectivity index (χ2v) is 10.1. The lowest BCUT2D eigenvalue weighted by Gasteiger charge is -2.39. The van der Waals surface area contributed by atoms with E-state index in [-0.39, 0.29) is 34.3 Å². The van der Waals surface area contributed by atoms with Crippen LogP contribution in [0.1, 0.15) is 44.2 Å². The van der Waals surface area contributed by atoms with Crippen LogP contribution in [0.5, 0.6) is 0 Å². The zero-order chi connectivity index (χ0) is 23.4. The van der Waals surface area contributed by atoms with E-state index in [2.05, 4.69) is 24.0 Å². The third-order valence-corrected chi connectivity index (χ3v) is 8.86. The summed E-state index contributed by atoms with van der Waals surface area (Å²) in [6, 6.07) is 18.2. The first-order valence-electron chi connectivity index (χ1n) is 11.2. The molecule has 2 rings (SSSR count). The summed E-state index contributed by atoms with van der Waals surface area (Å²) in [4.78, 5) is 11.7. The summed E-state index contributed by atoms with van der Waals surface area (Å²) in [6.45, 7) is 11.4. The number of halogens is 1. The summed E-state index contributed by atoms with van der Waals surface area (Å²) >= 11 is 0. The molecule has 0 heterocycles. The molecule has 0 aliphatic carbocycles. The Bertz CT molecular complexity index is 819. The molecule has 182 valence electrons. The van der Waals surface area contributed by atoms with Crippen molar-refractivity contribution in [2.75, 3.05) is 31.7 Å². The average Bonchev–Trinajstić information content (AvgIpc) is 2.81. The van der Waals surface area contributed by atoms with Crippen molar-refractivity contribution >= 4 is 37.4 Å². The smallest absolute Gasteiger partial charge is 0.374 e. The molecule has 6 nitrogen and oxygen atoms in total. The van der Waals surface area contributed by atoms with Crippen molar-refractivity contribution in [3.63, 3.8) is 0 Å². The molecule has 0 bridgehead atoms. The van der Waals surface area contributed by atoms with Gasteiger partial charge in [0, 0.05) is 37.0 Å². The third kappa shape index (κ3) is 7.87. The number of benzene rings is 2. The summed E-state index contributed by atoms with van der Waals surface area (Å²) in [7, 11) is -3.08. The van der Waals surface area contributed by atoms with E-state index in [4.69, 9.17) is 19.0 Å². The maximum Gasteiger partial charge on any atom is 0.505 e. The molecule has 2 aromatic rings. The molecule has 8 heteroatoms. The molecule has 3 N–H and O–H groups in total. The number of nitrogens with two attached hydrogens (primary N) is 1. The van der Waals surface area contributed by atoms with Gasteiger partial charge in [0.15, 0.2) is 0 Å². The quantitative estimate of drug-likeness (QED) is 0.253. The molecule has 2 atom stereocenters. The maximum absolute atomic E-state index is 11.7. The van der Waals surface area contributed by atoms with Crippen molar-refractivity contribution in [3.8, 4) is 0 Å². The van der Waals surface area contributed by atoms with Crippen LogP contribution >= 0.6 is 17.0 Å². The molecule has 0 aliphatic heterocycles. The van der Waals surface area contributed by atoms with E-state index < -0.39 is 8.80 Å². The molecule has 2 unspecified atom stereocenters. The van der Waals surface area contributed by atoms with Crippen LogP contribution in [0.2, 0.25) is 5.54 Å². The second-order valence-electron chi connectivity index (χ2n) is 7.29. The van der Waals surface area contributed by atoms with Gasteiger partial charge in [0.25, 0.3) is 0 Å². The molecule has 0 aromatic heterocycles. The third-order valence-electron chi connectivity index (χ3n) is 5.25. The van der Waals surface area contributed by atoms with Gasteiger partial charge in [-0.1, -0.05) is 49.0 Å². The van der Waals surface area contributed by atoms with Crippen molar-refractivity contribution in [2.24, 2.45) is 5.73 Å². The molecule has 0 spiro atoms. The zero-order valence-corrected chi connectivity index (χ0v) is 22.5. The second kappa shape index (κ2) is 15.2. The van der Waals surface area contributed by atoms with E-state index in [1.54, 1.807) is 0 Å². The van der Waals surface area contributed by atoms with E-state index in [1.165, 1.54) is 6.08 Å². The lowest BCUT2D eigenvalue weighted by molar-refractivity contribution is -0.111. The highest BCUT2D eigenvalue weighted by Crippen LogP contribution is 2.45. The van der Waals surface area contributed by atoms with Crippen LogP contribution in [0, 0.1) is 0 Å². The Labute approximate surface area is 209 Å². The topological polar surface area (TPSA) is 82.8 Å². The summed E-state index contributed by atoms with van der Waals surface area (Å²) in [5.41, 5.74) is 8.98.